The summed E-state index contributed by atoms with van der Waals surface area (Å²) in [5.41, 5.74) is 1.95. The van der Waals surface area contributed by atoms with Crippen LogP contribution in [0.3, 0.4) is 0 Å². The average Bonchev–Trinajstić information content (AvgIpc) is 2.70. The Balaban J connectivity index is 1.57. The molecule has 4 rings (SSSR count). The summed E-state index contributed by atoms with van der Waals surface area (Å²) in [4.78, 5) is 16.2. The molecular formula is C21H25N5. The number of hydrogen-bond donors (Lipinski definition) is 1. The van der Waals surface area contributed by atoms with Crippen LogP contribution in [-0.2, 0) is 0 Å². The van der Waals surface area contributed by atoms with E-state index in [1.54, 1.807) is 12.4 Å². The predicted molar refractivity (Wildman–Crippen MR) is 106 cm³/mol. The lowest BCUT2D eigenvalue weighted by atomic mass is 10.0. The number of benzene rings is 1. The SMILES string of the molecule is C[C@H]1CCCCN1CCNc1nc(-c2ccncc2)nc2ccccc12. The smallest absolute Gasteiger partial charge is 0.162 e. The number of nitrogens with zero attached hydrogens (tertiary/aromatic N) is 4. The fourth-order valence-corrected chi connectivity index (χ4v) is 3.65. The van der Waals surface area contributed by atoms with Gasteiger partial charge in [-0.05, 0) is 50.6 Å². The lowest BCUT2D eigenvalue weighted by Gasteiger charge is -2.33. The number of piperidine rings is 1. The topological polar surface area (TPSA) is 53.9 Å². The molecule has 1 fully saturated rings. The van der Waals surface area contributed by atoms with Crippen LogP contribution in [0.2, 0.25) is 0 Å². The summed E-state index contributed by atoms with van der Waals surface area (Å²) in [6, 6.07) is 12.8. The van der Waals surface area contributed by atoms with Crippen molar-refractivity contribution in [3.8, 4) is 11.4 Å². The number of hydrogen-bond acceptors (Lipinski definition) is 5. The van der Waals surface area contributed by atoms with E-state index in [0.717, 1.165) is 41.2 Å². The fourth-order valence-electron chi connectivity index (χ4n) is 3.65. The fraction of sp³-hybridized carbons (Fsp3) is 0.381. The van der Waals surface area contributed by atoms with Gasteiger partial charge in [0.2, 0.25) is 0 Å². The zero-order valence-corrected chi connectivity index (χ0v) is 15.2. The van der Waals surface area contributed by atoms with Crippen LogP contribution in [0.5, 0.6) is 0 Å². The van der Waals surface area contributed by atoms with E-state index in [0.29, 0.717) is 6.04 Å². The van der Waals surface area contributed by atoms with Gasteiger partial charge in [0.1, 0.15) is 5.82 Å². The molecule has 0 aliphatic carbocycles. The summed E-state index contributed by atoms with van der Waals surface area (Å²) in [6.07, 6.45) is 7.53. The lowest BCUT2D eigenvalue weighted by Crippen LogP contribution is -2.40. The largest absolute Gasteiger partial charge is 0.368 e. The molecule has 5 heteroatoms. The Morgan fingerprint density at radius 2 is 1.92 bits per heavy atom. The number of anilines is 1. The molecule has 1 N–H and O–H groups in total. The molecular weight excluding hydrogens is 322 g/mol. The van der Waals surface area contributed by atoms with E-state index in [1.165, 1.54) is 25.8 Å². The molecule has 134 valence electrons. The molecule has 2 aromatic heterocycles. The molecule has 1 aliphatic rings. The molecule has 1 aromatic carbocycles. The van der Waals surface area contributed by atoms with Crippen LogP contribution in [0.15, 0.2) is 48.8 Å². The second-order valence-corrected chi connectivity index (χ2v) is 6.96. The minimum absolute atomic E-state index is 0.681. The third-order valence-electron chi connectivity index (χ3n) is 5.17. The Morgan fingerprint density at radius 3 is 2.77 bits per heavy atom. The number of para-hydroxylation sites is 1. The Kier molecular flexibility index (Phi) is 5.07. The second-order valence-electron chi connectivity index (χ2n) is 6.96. The van der Waals surface area contributed by atoms with Crippen LogP contribution in [0, 0.1) is 0 Å². The molecule has 0 unspecified atom stereocenters. The monoisotopic (exact) mass is 347 g/mol. The third-order valence-corrected chi connectivity index (χ3v) is 5.17. The highest BCUT2D eigenvalue weighted by atomic mass is 15.2. The summed E-state index contributed by atoms with van der Waals surface area (Å²) in [7, 11) is 0. The Hall–Kier alpha value is -2.53. The van der Waals surface area contributed by atoms with Crippen LogP contribution in [-0.4, -0.2) is 45.5 Å². The first-order valence-corrected chi connectivity index (χ1v) is 9.46. The molecule has 1 aliphatic heterocycles. The molecule has 5 nitrogen and oxygen atoms in total. The number of aromatic nitrogens is 3. The summed E-state index contributed by atoms with van der Waals surface area (Å²) in [6.45, 7) is 5.47. The summed E-state index contributed by atoms with van der Waals surface area (Å²) >= 11 is 0. The quantitative estimate of drug-likeness (QED) is 0.757. The highest BCUT2D eigenvalue weighted by molar-refractivity contribution is 5.90. The molecule has 3 aromatic rings. The van der Waals surface area contributed by atoms with Crippen molar-refractivity contribution in [2.45, 2.75) is 32.2 Å². The van der Waals surface area contributed by atoms with Gasteiger partial charge in [0.15, 0.2) is 5.82 Å². The van der Waals surface area contributed by atoms with Gasteiger partial charge < -0.3 is 5.32 Å². The Labute approximate surface area is 154 Å². The van der Waals surface area contributed by atoms with Crippen molar-refractivity contribution in [1.29, 1.82) is 0 Å². The molecule has 0 spiro atoms. The van der Waals surface area contributed by atoms with Crippen molar-refractivity contribution in [3.63, 3.8) is 0 Å². The molecule has 1 atom stereocenters. The summed E-state index contributed by atoms with van der Waals surface area (Å²) in [5, 5.41) is 4.62. The van der Waals surface area contributed by atoms with E-state index < -0.39 is 0 Å². The third kappa shape index (κ3) is 3.68. The molecule has 0 saturated carbocycles. The first-order valence-electron chi connectivity index (χ1n) is 9.46. The standard InChI is InChI=1S/C21H25N5/c1-16-6-4-5-14-26(16)15-13-23-21-18-7-2-3-8-19(18)24-20(25-21)17-9-11-22-12-10-17/h2-3,7-12,16H,4-6,13-15H2,1H3,(H,23,24,25)/t16-/m0/s1. The van der Waals surface area contributed by atoms with Crippen molar-refractivity contribution < 1.29 is 0 Å². The Morgan fingerprint density at radius 1 is 1.08 bits per heavy atom. The van der Waals surface area contributed by atoms with E-state index in [9.17, 15) is 0 Å². The molecule has 1 saturated heterocycles. The number of likely N-dealkylation sites (tertiary alicyclic amines) is 1. The van der Waals surface area contributed by atoms with Gasteiger partial charge in [0.05, 0.1) is 5.52 Å². The van der Waals surface area contributed by atoms with Crippen molar-refractivity contribution in [2.24, 2.45) is 0 Å². The van der Waals surface area contributed by atoms with Gasteiger partial charge in [-0.25, -0.2) is 9.97 Å². The zero-order chi connectivity index (χ0) is 17.8. The average molecular weight is 347 g/mol. The molecule has 26 heavy (non-hydrogen) atoms. The van der Waals surface area contributed by atoms with E-state index >= 15 is 0 Å². The lowest BCUT2D eigenvalue weighted by molar-refractivity contribution is 0.167. The van der Waals surface area contributed by atoms with Gasteiger partial charge in [-0.1, -0.05) is 18.6 Å². The molecule has 0 bridgehead atoms. The van der Waals surface area contributed by atoms with Crippen LogP contribution < -0.4 is 5.32 Å². The highest BCUT2D eigenvalue weighted by Crippen LogP contribution is 2.24. The maximum absolute atomic E-state index is 4.80. The van der Waals surface area contributed by atoms with Crippen LogP contribution >= 0.6 is 0 Å². The van der Waals surface area contributed by atoms with Crippen LogP contribution in [0.1, 0.15) is 26.2 Å². The van der Waals surface area contributed by atoms with Crippen LogP contribution in [0.25, 0.3) is 22.3 Å². The first-order chi connectivity index (χ1) is 12.8. The van der Waals surface area contributed by atoms with Gasteiger partial charge in [-0.15, -0.1) is 0 Å². The van der Waals surface area contributed by atoms with Gasteiger partial charge in [-0.2, -0.15) is 0 Å². The van der Waals surface area contributed by atoms with Crippen molar-refractivity contribution >= 4 is 16.7 Å². The molecule has 0 amide bonds. The van der Waals surface area contributed by atoms with E-state index in [-0.39, 0.29) is 0 Å². The minimum atomic E-state index is 0.681. The number of rotatable bonds is 5. The second kappa shape index (κ2) is 7.79. The predicted octanol–water partition coefficient (Wildman–Crippen LogP) is 3.98. The van der Waals surface area contributed by atoms with Crippen molar-refractivity contribution in [3.05, 3.63) is 48.8 Å². The summed E-state index contributed by atoms with van der Waals surface area (Å²) < 4.78 is 0. The van der Waals surface area contributed by atoms with E-state index in [2.05, 4.69) is 28.2 Å². The Bertz CT molecular complexity index is 865. The van der Waals surface area contributed by atoms with Gasteiger partial charge in [0, 0.05) is 42.5 Å². The number of pyridine rings is 1. The maximum atomic E-state index is 4.80. The van der Waals surface area contributed by atoms with Gasteiger partial charge >= 0.3 is 0 Å². The molecule has 0 radical (unpaired) electrons. The van der Waals surface area contributed by atoms with Crippen molar-refractivity contribution in [2.75, 3.05) is 25.0 Å². The van der Waals surface area contributed by atoms with Gasteiger partial charge in [0.25, 0.3) is 0 Å². The maximum Gasteiger partial charge on any atom is 0.162 e. The highest BCUT2D eigenvalue weighted by Gasteiger charge is 2.17. The summed E-state index contributed by atoms with van der Waals surface area (Å²) in [5.74, 6) is 1.65. The molecule has 3 heterocycles. The zero-order valence-electron chi connectivity index (χ0n) is 15.2. The minimum Gasteiger partial charge on any atom is -0.368 e. The van der Waals surface area contributed by atoms with Crippen LogP contribution in [0.4, 0.5) is 5.82 Å². The van der Waals surface area contributed by atoms with Crippen molar-refractivity contribution in [1.82, 2.24) is 19.9 Å². The van der Waals surface area contributed by atoms with Gasteiger partial charge in [-0.3, -0.25) is 9.88 Å². The first kappa shape index (κ1) is 16.9. The van der Waals surface area contributed by atoms with E-state index in [1.807, 2.05) is 30.3 Å². The van der Waals surface area contributed by atoms with E-state index in [4.69, 9.17) is 9.97 Å². The normalized spacial score (nSPS) is 18.1. The number of nitrogens with one attached hydrogen (secondary N) is 1. The number of fused-ring (bicyclic) bond motifs is 1.